The molecule has 0 aliphatic carbocycles. The van der Waals surface area contributed by atoms with Gasteiger partial charge in [-0.15, -0.1) is 0 Å². The molecular formula is C27H33ClN2O5. The van der Waals surface area contributed by atoms with E-state index in [2.05, 4.69) is 5.32 Å². The minimum Gasteiger partial charge on any atom is -0.497 e. The van der Waals surface area contributed by atoms with Crippen LogP contribution in [0.2, 0.25) is 5.02 Å². The average molecular weight is 501 g/mol. The van der Waals surface area contributed by atoms with Crippen LogP contribution in [0, 0.1) is 0 Å². The summed E-state index contributed by atoms with van der Waals surface area (Å²) in [6, 6.07) is 19.0. The largest absolute Gasteiger partial charge is 0.497 e. The molecule has 3 aromatic rings. The lowest BCUT2D eigenvalue weighted by Gasteiger charge is -2.19. The number of halogens is 1. The van der Waals surface area contributed by atoms with Crippen molar-refractivity contribution in [2.45, 2.75) is 26.6 Å². The van der Waals surface area contributed by atoms with Gasteiger partial charge in [-0.05, 0) is 53.9 Å². The molecule has 3 aromatic carbocycles. The van der Waals surface area contributed by atoms with Gasteiger partial charge in [-0.2, -0.15) is 5.06 Å². The Morgan fingerprint density at radius 2 is 1.37 bits per heavy atom. The Kier molecular flexibility index (Phi) is 10.3. The molecule has 0 atom stereocenters. The van der Waals surface area contributed by atoms with Crippen LogP contribution in [0.5, 0.6) is 23.0 Å². The predicted molar refractivity (Wildman–Crippen MR) is 138 cm³/mol. The first-order chi connectivity index (χ1) is 17.0. The normalized spacial score (nSPS) is 10.8. The first-order valence-corrected chi connectivity index (χ1v) is 11.9. The van der Waals surface area contributed by atoms with Crippen molar-refractivity contribution in [2.24, 2.45) is 0 Å². The minimum absolute atomic E-state index is 0.312. The third-order valence-corrected chi connectivity index (χ3v) is 5.70. The van der Waals surface area contributed by atoms with Crippen LogP contribution in [0.3, 0.4) is 0 Å². The van der Waals surface area contributed by atoms with Crippen LogP contribution in [0.25, 0.3) is 0 Å². The van der Waals surface area contributed by atoms with E-state index in [1.54, 1.807) is 14.2 Å². The highest BCUT2D eigenvalue weighted by atomic mass is 35.5. The van der Waals surface area contributed by atoms with E-state index in [9.17, 15) is 5.21 Å². The van der Waals surface area contributed by atoms with Gasteiger partial charge in [0, 0.05) is 19.6 Å². The molecule has 7 nitrogen and oxygen atoms in total. The molecule has 0 saturated carbocycles. The van der Waals surface area contributed by atoms with Crippen LogP contribution in [0.4, 0.5) is 5.69 Å². The Morgan fingerprint density at radius 3 is 1.91 bits per heavy atom. The van der Waals surface area contributed by atoms with Crippen molar-refractivity contribution in [2.75, 3.05) is 39.2 Å². The van der Waals surface area contributed by atoms with Crippen molar-refractivity contribution in [3.63, 3.8) is 0 Å². The Bertz CT molecular complexity index is 1040. The van der Waals surface area contributed by atoms with Crippen molar-refractivity contribution >= 4 is 17.3 Å². The highest BCUT2D eigenvalue weighted by molar-refractivity contribution is 6.35. The van der Waals surface area contributed by atoms with Crippen LogP contribution in [-0.4, -0.2) is 44.1 Å². The molecule has 0 aromatic heterocycles. The van der Waals surface area contributed by atoms with Gasteiger partial charge in [-0.3, -0.25) is 0 Å². The molecule has 3 rings (SSSR count). The molecule has 0 bridgehead atoms. The van der Waals surface area contributed by atoms with E-state index in [0.717, 1.165) is 29.0 Å². The summed E-state index contributed by atoms with van der Waals surface area (Å²) in [5.74, 6) is 2.56. The lowest BCUT2D eigenvalue weighted by molar-refractivity contribution is -0.0867. The molecule has 0 radical (unpaired) electrons. The maximum atomic E-state index is 9.85. The predicted octanol–water partition coefficient (Wildman–Crippen LogP) is 6.03. The van der Waals surface area contributed by atoms with Gasteiger partial charge in [0.15, 0.2) is 11.5 Å². The van der Waals surface area contributed by atoms with Gasteiger partial charge in [0.25, 0.3) is 0 Å². The van der Waals surface area contributed by atoms with Crippen molar-refractivity contribution in [1.82, 2.24) is 5.06 Å². The first kappa shape index (κ1) is 26.5. The van der Waals surface area contributed by atoms with Crippen molar-refractivity contribution < 1.29 is 24.2 Å². The second-order valence-corrected chi connectivity index (χ2v) is 8.29. The third kappa shape index (κ3) is 7.96. The molecule has 0 saturated heterocycles. The van der Waals surface area contributed by atoms with E-state index in [0.29, 0.717) is 55.1 Å². The Balaban J connectivity index is 1.75. The highest BCUT2D eigenvalue weighted by Crippen LogP contribution is 2.41. The molecule has 188 valence electrons. The Labute approximate surface area is 212 Å². The van der Waals surface area contributed by atoms with Gasteiger partial charge in [0.1, 0.15) is 29.7 Å². The summed E-state index contributed by atoms with van der Waals surface area (Å²) in [5.41, 5.74) is 2.67. The van der Waals surface area contributed by atoms with Crippen molar-refractivity contribution in [1.29, 1.82) is 0 Å². The van der Waals surface area contributed by atoms with Gasteiger partial charge < -0.3 is 29.5 Å². The lowest BCUT2D eigenvalue weighted by Crippen LogP contribution is -2.26. The smallest absolute Gasteiger partial charge is 0.182 e. The molecule has 0 heterocycles. The fourth-order valence-corrected chi connectivity index (χ4v) is 3.65. The summed E-state index contributed by atoms with van der Waals surface area (Å²) in [6.45, 7) is 4.30. The fourth-order valence-electron chi connectivity index (χ4n) is 3.37. The number of anilines is 1. The van der Waals surface area contributed by atoms with Gasteiger partial charge in [0.05, 0.1) is 19.9 Å². The molecule has 35 heavy (non-hydrogen) atoms. The molecular weight excluding hydrogens is 468 g/mol. The summed E-state index contributed by atoms with van der Waals surface area (Å²) in [5, 5.41) is 14.8. The number of methoxy groups -OCH3 is 2. The second kappa shape index (κ2) is 13.7. The average Bonchev–Trinajstić information content (AvgIpc) is 2.88. The summed E-state index contributed by atoms with van der Waals surface area (Å²) in [4.78, 5) is 0. The number of hydrogen-bond acceptors (Lipinski definition) is 7. The summed E-state index contributed by atoms with van der Waals surface area (Å²) in [6.07, 6.45) is 0.876. The minimum atomic E-state index is 0.312. The summed E-state index contributed by atoms with van der Waals surface area (Å²) in [7, 11) is 3.27. The standard InChI is InChI=1S/C27H33ClN2O5/c1-4-16-30(31)17-15-29-24-13-14-25(34-18-20-5-9-22(32-2)10-6-20)27(26(24)28)35-19-21-7-11-23(33-3)12-8-21/h5-14,29,31H,4,15-19H2,1-3H3. The number of ether oxygens (including phenoxy) is 4. The van der Waals surface area contributed by atoms with E-state index < -0.39 is 0 Å². The quantitative estimate of drug-likeness (QED) is 0.262. The van der Waals surface area contributed by atoms with Crippen LogP contribution < -0.4 is 24.3 Å². The highest BCUT2D eigenvalue weighted by Gasteiger charge is 2.16. The molecule has 0 aliphatic heterocycles. The van der Waals surface area contributed by atoms with E-state index in [4.69, 9.17) is 30.5 Å². The number of hydrogen-bond donors (Lipinski definition) is 2. The summed E-state index contributed by atoms with van der Waals surface area (Å²) < 4.78 is 22.7. The summed E-state index contributed by atoms with van der Waals surface area (Å²) >= 11 is 6.75. The molecule has 0 amide bonds. The zero-order chi connectivity index (χ0) is 25.0. The van der Waals surface area contributed by atoms with Crippen molar-refractivity contribution in [3.05, 3.63) is 76.8 Å². The SMILES string of the molecule is CCCN(O)CCNc1ccc(OCc2ccc(OC)cc2)c(OCc2ccc(OC)cc2)c1Cl. The molecule has 0 unspecified atom stereocenters. The van der Waals surface area contributed by atoms with E-state index >= 15 is 0 Å². The van der Waals surface area contributed by atoms with Gasteiger partial charge in [-0.1, -0.05) is 42.8 Å². The van der Waals surface area contributed by atoms with Crippen LogP contribution in [0.15, 0.2) is 60.7 Å². The van der Waals surface area contributed by atoms with Crippen molar-refractivity contribution in [3.8, 4) is 23.0 Å². The van der Waals surface area contributed by atoms with Gasteiger partial charge in [-0.25, -0.2) is 0 Å². The molecule has 2 N–H and O–H groups in total. The third-order valence-electron chi connectivity index (χ3n) is 5.32. The zero-order valence-electron chi connectivity index (χ0n) is 20.4. The maximum Gasteiger partial charge on any atom is 0.182 e. The monoisotopic (exact) mass is 500 g/mol. The second-order valence-electron chi connectivity index (χ2n) is 7.91. The van der Waals surface area contributed by atoms with Crippen LogP contribution in [-0.2, 0) is 13.2 Å². The van der Waals surface area contributed by atoms with Gasteiger partial charge in [0.2, 0.25) is 0 Å². The number of hydroxylamine groups is 2. The number of nitrogens with one attached hydrogen (secondary N) is 1. The fraction of sp³-hybridized carbons (Fsp3) is 0.333. The van der Waals surface area contributed by atoms with Crippen LogP contribution >= 0.6 is 11.6 Å². The Morgan fingerprint density at radius 1 is 0.800 bits per heavy atom. The van der Waals surface area contributed by atoms with E-state index in [1.165, 1.54) is 5.06 Å². The maximum absolute atomic E-state index is 9.85. The lowest BCUT2D eigenvalue weighted by atomic mass is 10.2. The molecule has 0 spiro atoms. The number of rotatable bonds is 14. The number of benzene rings is 3. The molecule has 0 fully saturated rings. The number of nitrogens with zero attached hydrogens (tertiary/aromatic N) is 1. The topological polar surface area (TPSA) is 72.4 Å². The molecule has 8 heteroatoms. The Hall–Kier alpha value is -3.13. The zero-order valence-corrected chi connectivity index (χ0v) is 21.2. The van der Waals surface area contributed by atoms with Gasteiger partial charge >= 0.3 is 0 Å². The van der Waals surface area contributed by atoms with Crippen LogP contribution in [0.1, 0.15) is 24.5 Å². The molecule has 0 aliphatic rings. The first-order valence-electron chi connectivity index (χ1n) is 11.6. The van der Waals surface area contributed by atoms with E-state index in [1.807, 2.05) is 67.6 Å². The van der Waals surface area contributed by atoms with E-state index in [-0.39, 0.29) is 0 Å².